The minimum atomic E-state index is -0.381. The van der Waals surface area contributed by atoms with Crippen molar-refractivity contribution in [3.05, 3.63) is 42.2 Å². The van der Waals surface area contributed by atoms with E-state index in [1.54, 1.807) is 18.5 Å². The second-order valence-corrected chi connectivity index (χ2v) is 7.81. The standard InChI is InChI=1S/C16H17N7OS2/c1-4-8-23-13(12-6-5-7-17-9-12)20-22-16(23)25-10(2)14(24)18-15-21-19-11(3)26-15/h4-7,9-10H,1,8H2,2-3H3,(H,18,21,24)/t10-/m1/s1. The molecule has 3 rings (SSSR count). The zero-order chi connectivity index (χ0) is 18.5. The van der Waals surface area contributed by atoms with E-state index < -0.39 is 0 Å². The van der Waals surface area contributed by atoms with Gasteiger partial charge >= 0.3 is 0 Å². The van der Waals surface area contributed by atoms with Crippen LogP contribution in [0.1, 0.15) is 11.9 Å². The summed E-state index contributed by atoms with van der Waals surface area (Å²) in [5.41, 5.74) is 0.857. The van der Waals surface area contributed by atoms with Gasteiger partial charge < -0.3 is 0 Å². The third kappa shape index (κ3) is 4.14. The Morgan fingerprint density at radius 1 is 1.42 bits per heavy atom. The highest BCUT2D eigenvalue weighted by Crippen LogP contribution is 2.27. The van der Waals surface area contributed by atoms with Gasteiger partial charge in [-0.2, -0.15) is 0 Å². The summed E-state index contributed by atoms with van der Waals surface area (Å²) in [6.07, 6.45) is 5.20. The van der Waals surface area contributed by atoms with E-state index in [4.69, 9.17) is 0 Å². The van der Waals surface area contributed by atoms with Crippen LogP contribution in [0.25, 0.3) is 11.4 Å². The first kappa shape index (κ1) is 18.2. The molecule has 0 bridgehead atoms. The van der Waals surface area contributed by atoms with E-state index in [0.29, 0.717) is 22.7 Å². The van der Waals surface area contributed by atoms with Gasteiger partial charge in [-0.1, -0.05) is 29.2 Å². The molecule has 0 saturated heterocycles. The molecule has 0 fully saturated rings. The summed E-state index contributed by atoms with van der Waals surface area (Å²) in [7, 11) is 0. The fraction of sp³-hybridized carbons (Fsp3) is 0.250. The molecular formula is C16H17N7OS2. The number of nitrogens with zero attached hydrogens (tertiary/aromatic N) is 6. The van der Waals surface area contributed by atoms with E-state index in [0.717, 1.165) is 10.6 Å². The topological polar surface area (TPSA) is 98.5 Å². The van der Waals surface area contributed by atoms with Crippen LogP contribution in [-0.4, -0.2) is 41.1 Å². The molecule has 1 amide bonds. The fourth-order valence-electron chi connectivity index (χ4n) is 2.14. The lowest BCUT2D eigenvalue weighted by Gasteiger charge is -2.11. The van der Waals surface area contributed by atoms with Crippen molar-refractivity contribution in [3.63, 3.8) is 0 Å². The molecule has 0 unspecified atom stereocenters. The Balaban J connectivity index is 1.77. The van der Waals surface area contributed by atoms with Gasteiger partial charge in [-0.15, -0.1) is 27.0 Å². The Bertz CT molecular complexity index is 906. The number of carbonyl (C=O) groups excluding carboxylic acids is 1. The first-order chi connectivity index (χ1) is 12.6. The molecule has 134 valence electrons. The molecule has 3 heterocycles. The van der Waals surface area contributed by atoms with Crippen molar-refractivity contribution in [2.75, 3.05) is 5.32 Å². The number of pyridine rings is 1. The number of thioether (sulfide) groups is 1. The predicted octanol–water partition coefficient (Wildman–Crippen LogP) is 2.81. The van der Waals surface area contributed by atoms with Crippen molar-refractivity contribution in [1.82, 2.24) is 29.9 Å². The highest BCUT2D eigenvalue weighted by molar-refractivity contribution is 8.00. The number of hydrogen-bond acceptors (Lipinski definition) is 8. The number of carbonyl (C=O) groups is 1. The van der Waals surface area contributed by atoms with Crippen LogP contribution in [0, 0.1) is 6.92 Å². The smallest absolute Gasteiger partial charge is 0.239 e. The maximum absolute atomic E-state index is 12.4. The molecule has 3 aromatic heterocycles. The third-order valence-electron chi connectivity index (χ3n) is 3.36. The van der Waals surface area contributed by atoms with E-state index in [2.05, 4.69) is 37.3 Å². The van der Waals surface area contributed by atoms with E-state index in [1.807, 2.05) is 30.5 Å². The molecular weight excluding hydrogens is 370 g/mol. The third-order valence-corrected chi connectivity index (χ3v) is 5.19. The van der Waals surface area contributed by atoms with Crippen LogP contribution in [-0.2, 0) is 11.3 Å². The first-order valence-electron chi connectivity index (χ1n) is 7.80. The molecule has 0 aromatic carbocycles. The van der Waals surface area contributed by atoms with Gasteiger partial charge in [0.2, 0.25) is 11.0 Å². The van der Waals surface area contributed by atoms with Gasteiger partial charge in [0.05, 0.1) is 5.25 Å². The summed E-state index contributed by atoms with van der Waals surface area (Å²) in [5.74, 6) is 0.523. The average molecular weight is 387 g/mol. The van der Waals surface area contributed by atoms with Crippen LogP contribution in [0.5, 0.6) is 0 Å². The average Bonchev–Trinajstić information content (AvgIpc) is 3.22. The Morgan fingerprint density at radius 2 is 2.27 bits per heavy atom. The number of allylic oxidation sites excluding steroid dienone is 1. The molecule has 10 heteroatoms. The molecule has 3 aromatic rings. The second kappa shape index (κ2) is 8.19. The Labute approximate surface area is 158 Å². The van der Waals surface area contributed by atoms with Crippen molar-refractivity contribution in [1.29, 1.82) is 0 Å². The number of aryl methyl sites for hydroxylation is 1. The fourth-order valence-corrected chi connectivity index (χ4v) is 3.60. The van der Waals surface area contributed by atoms with Crippen LogP contribution in [0.15, 0.2) is 42.3 Å². The van der Waals surface area contributed by atoms with Gasteiger partial charge in [-0.25, -0.2) is 0 Å². The van der Waals surface area contributed by atoms with E-state index >= 15 is 0 Å². The van der Waals surface area contributed by atoms with Crippen molar-refractivity contribution in [3.8, 4) is 11.4 Å². The predicted molar refractivity (Wildman–Crippen MR) is 102 cm³/mol. The van der Waals surface area contributed by atoms with Crippen LogP contribution in [0.4, 0.5) is 5.13 Å². The molecule has 0 radical (unpaired) electrons. The summed E-state index contributed by atoms with van der Waals surface area (Å²) in [6.45, 7) is 7.97. The van der Waals surface area contributed by atoms with Gasteiger partial charge in [-0.3, -0.25) is 19.7 Å². The molecule has 26 heavy (non-hydrogen) atoms. The number of nitrogens with one attached hydrogen (secondary N) is 1. The summed E-state index contributed by atoms with van der Waals surface area (Å²) >= 11 is 2.66. The Kier molecular flexibility index (Phi) is 5.74. The lowest BCUT2D eigenvalue weighted by molar-refractivity contribution is -0.115. The van der Waals surface area contributed by atoms with Gasteiger partial charge in [0.25, 0.3) is 0 Å². The summed E-state index contributed by atoms with van der Waals surface area (Å²) in [5, 5.41) is 20.6. The number of rotatable bonds is 7. The van der Waals surface area contributed by atoms with E-state index in [9.17, 15) is 4.79 Å². The highest BCUT2D eigenvalue weighted by atomic mass is 32.2. The zero-order valence-corrected chi connectivity index (χ0v) is 15.9. The Hall–Kier alpha value is -2.59. The van der Waals surface area contributed by atoms with Gasteiger partial charge in [0.15, 0.2) is 11.0 Å². The van der Waals surface area contributed by atoms with Gasteiger partial charge in [-0.05, 0) is 26.0 Å². The molecule has 0 aliphatic carbocycles. The summed E-state index contributed by atoms with van der Waals surface area (Å²) < 4.78 is 1.91. The first-order valence-corrected chi connectivity index (χ1v) is 9.50. The normalized spacial score (nSPS) is 11.9. The number of amides is 1. The van der Waals surface area contributed by atoms with Gasteiger partial charge in [0.1, 0.15) is 5.01 Å². The van der Waals surface area contributed by atoms with Crippen molar-refractivity contribution < 1.29 is 4.79 Å². The minimum absolute atomic E-state index is 0.165. The van der Waals surface area contributed by atoms with Gasteiger partial charge in [0, 0.05) is 24.5 Å². The maximum Gasteiger partial charge on any atom is 0.239 e. The van der Waals surface area contributed by atoms with Crippen LogP contribution in [0.2, 0.25) is 0 Å². The van der Waals surface area contributed by atoms with Crippen molar-refractivity contribution in [2.24, 2.45) is 0 Å². The van der Waals surface area contributed by atoms with Crippen molar-refractivity contribution >= 4 is 34.1 Å². The van der Waals surface area contributed by atoms with E-state index in [-0.39, 0.29) is 11.2 Å². The minimum Gasteiger partial charge on any atom is -0.300 e. The van der Waals surface area contributed by atoms with Crippen molar-refractivity contribution in [2.45, 2.75) is 30.8 Å². The SMILES string of the molecule is C=CCn1c(S[C@H](C)C(=O)Nc2nnc(C)s2)nnc1-c1cccnc1. The number of aromatic nitrogens is 6. The number of hydrogen-bond donors (Lipinski definition) is 1. The second-order valence-electron chi connectivity index (χ2n) is 5.32. The molecule has 0 spiro atoms. The van der Waals surface area contributed by atoms with Crippen LogP contribution < -0.4 is 5.32 Å². The summed E-state index contributed by atoms with van der Waals surface area (Å²) in [4.78, 5) is 16.5. The molecule has 0 saturated carbocycles. The molecule has 0 aliphatic rings. The Morgan fingerprint density at radius 3 is 2.92 bits per heavy atom. The molecule has 0 aliphatic heterocycles. The van der Waals surface area contributed by atoms with Crippen LogP contribution >= 0.6 is 23.1 Å². The highest BCUT2D eigenvalue weighted by Gasteiger charge is 2.21. The quantitative estimate of drug-likeness (QED) is 0.491. The van der Waals surface area contributed by atoms with E-state index in [1.165, 1.54) is 23.1 Å². The monoisotopic (exact) mass is 387 g/mol. The lowest BCUT2D eigenvalue weighted by Crippen LogP contribution is -2.22. The molecule has 1 N–H and O–H groups in total. The lowest BCUT2D eigenvalue weighted by atomic mass is 10.3. The zero-order valence-electron chi connectivity index (χ0n) is 14.3. The summed E-state index contributed by atoms with van der Waals surface area (Å²) in [6, 6.07) is 3.76. The maximum atomic E-state index is 12.4. The largest absolute Gasteiger partial charge is 0.300 e. The molecule has 1 atom stereocenters. The number of anilines is 1. The van der Waals surface area contributed by atoms with Crippen LogP contribution in [0.3, 0.4) is 0 Å². The molecule has 8 nitrogen and oxygen atoms in total.